The molecule has 5 heteroatoms. The van der Waals surface area contributed by atoms with Crippen LogP contribution in [-0.2, 0) is 0 Å². The van der Waals surface area contributed by atoms with E-state index in [0.29, 0.717) is 11.3 Å². The van der Waals surface area contributed by atoms with Crippen LogP contribution in [0.3, 0.4) is 0 Å². The summed E-state index contributed by atoms with van der Waals surface area (Å²) in [7, 11) is 0. The molecule has 0 aliphatic heterocycles. The van der Waals surface area contributed by atoms with Crippen LogP contribution >= 0.6 is 11.6 Å². The molecular weight excluding hydrogens is 272 g/mol. The first-order valence-corrected chi connectivity index (χ1v) is 5.88. The minimum absolute atomic E-state index is 0.184. The molecule has 1 N–H and O–H groups in total. The minimum atomic E-state index is -0.684. The lowest BCUT2D eigenvalue weighted by Crippen LogP contribution is -2.14. The van der Waals surface area contributed by atoms with Gasteiger partial charge in [-0.05, 0) is 42.8 Å². The van der Waals surface area contributed by atoms with Gasteiger partial charge >= 0.3 is 0 Å². The molecule has 0 saturated heterocycles. The average molecular weight is 282 g/mol. The highest BCUT2D eigenvalue weighted by molar-refractivity contribution is 6.31. The fourth-order valence-electron chi connectivity index (χ4n) is 1.59. The molecule has 2 aromatic carbocycles. The Hall–Kier alpha value is -1.94. The number of benzene rings is 2. The monoisotopic (exact) mass is 281 g/mol. The van der Waals surface area contributed by atoms with Gasteiger partial charge < -0.3 is 5.32 Å². The van der Waals surface area contributed by atoms with Gasteiger partial charge in [-0.2, -0.15) is 0 Å². The summed E-state index contributed by atoms with van der Waals surface area (Å²) in [6.45, 7) is 1.71. The molecule has 98 valence electrons. The number of anilines is 1. The third-order valence-electron chi connectivity index (χ3n) is 2.62. The highest BCUT2D eigenvalue weighted by Gasteiger charge is 2.13. The zero-order valence-corrected chi connectivity index (χ0v) is 10.8. The van der Waals surface area contributed by atoms with E-state index < -0.39 is 17.5 Å². The Balaban J connectivity index is 2.30. The largest absolute Gasteiger partial charge is 0.322 e. The second kappa shape index (κ2) is 5.36. The standard InChI is InChI=1S/C14H10ClF2NO/c1-8-2-4-10(16)7-13(8)18-14(19)11-6-9(15)3-5-12(11)17/h2-7H,1H3,(H,18,19). The average Bonchev–Trinajstić information content (AvgIpc) is 2.36. The van der Waals surface area contributed by atoms with E-state index in [1.54, 1.807) is 6.92 Å². The molecule has 19 heavy (non-hydrogen) atoms. The first-order chi connectivity index (χ1) is 8.97. The molecule has 0 heterocycles. The zero-order chi connectivity index (χ0) is 14.0. The predicted molar refractivity (Wildman–Crippen MR) is 70.5 cm³/mol. The summed E-state index contributed by atoms with van der Waals surface area (Å²) in [5.74, 6) is -1.84. The van der Waals surface area contributed by atoms with Gasteiger partial charge in [-0.15, -0.1) is 0 Å². The van der Waals surface area contributed by atoms with Crippen LogP contribution in [0.4, 0.5) is 14.5 Å². The van der Waals surface area contributed by atoms with Crippen LogP contribution in [0.5, 0.6) is 0 Å². The van der Waals surface area contributed by atoms with E-state index in [2.05, 4.69) is 5.32 Å². The maximum Gasteiger partial charge on any atom is 0.258 e. The maximum absolute atomic E-state index is 13.5. The first kappa shape index (κ1) is 13.5. The molecule has 0 aliphatic carbocycles. The first-order valence-electron chi connectivity index (χ1n) is 5.50. The number of amides is 1. The summed E-state index contributed by atoms with van der Waals surface area (Å²) in [6.07, 6.45) is 0. The lowest BCUT2D eigenvalue weighted by molar-refractivity contribution is 0.102. The third kappa shape index (κ3) is 3.09. The number of halogens is 3. The minimum Gasteiger partial charge on any atom is -0.322 e. The highest BCUT2D eigenvalue weighted by Crippen LogP contribution is 2.19. The molecule has 0 saturated carbocycles. The Kier molecular flexibility index (Phi) is 3.81. The van der Waals surface area contributed by atoms with Crippen LogP contribution in [0, 0.1) is 18.6 Å². The number of hydrogen-bond acceptors (Lipinski definition) is 1. The summed E-state index contributed by atoms with van der Waals surface area (Å²) < 4.78 is 26.6. The molecular formula is C14H10ClF2NO. The summed E-state index contributed by atoms with van der Waals surface area (Å²) in [6, 6.07) is 7.66. The molecule has 2 aromatic rings. The summed E-state index contributed by atoms with van der Waals surface area (Å²) in [5.41, 5.74) is 0.790. The molecule has 0 atom stereocenters. The summed E-state index contributed by atoms with van der Waals surface area (Å²) >= 11 is 5.71. The lowest BCUT2D eigenvalue weighted by atomic mass is 10.1. The van der Waals surface area contributed by atoms with Gasteiger partial charge in [0.2, 0.25) is 0 Å². The van der Waals surface area contributed by atoms with E-state index in [-0.39, 0.29) is 10.6 Å². The van der Waals surface area contributed by atoms with Crippen molar-refractivity contribution in [3.8, 4) is 0 Å². The number of hydrogen-bond donors (Lipinski definition) is 1. The second-order valence-electron chi connectivity index (χ2n) is 4.04. The fourth-order valence-corrected chi connectivity index (χ4v) is 1.76. The Morgan fingerprint density at radius 2 is 1.89 bits per heavy atom. The van der Waals surface area contributed by atoms with Crippen molar-refractivity contribution in [2.75, 3.05) is 5.32 Å². The van der Waals surface area contributed by atoms with E-state index in [1.807, 2.05) is 0 Å². The summed E-state index contributed by atoms with van der Waals surface area (Å²) in [4.78, 5) is 11.9. The molecule has 0 spiro atoms. The van der Waals surface area contributed by atoms with Gasteiger partial charge in [0, 0.05) is 10.7 Å². The van der Waals surface area contributed by atoms with E-state index in [0.717, 1.165) is 6.07 Å². The van der Waals surface area contributed by atoms with Gasteiger partial charge in [-0.3, -0.25) is 4.79 Å². The van der Waals surface area contributed by atoms with Gasteiger partial charge in [-0.1, -0.05) is 17.7 Å². The van der Waals surface area contributed by atoms with Crippen LogP contribution in [0.1, 0.15) is 15.9 Å². The Bertz CT molecular complexity index is 643. The topological polar surface area (TPSA) is 29.1 Å². The van der Waals surface area contributed by atoms with Crippen LogP contribution in [0.15, 0.2) is 36.4 Å². The lowest BCUT2D eigenvalue weighted by Gasteiger charge is -2.09. The van der Waals surface area contributed by atoms with Crippen LogP contribution in [-0.4, -0.2) is 5.91 Å². The number of carbonyl (C=O) groups is 1. The SMILES string of the molecule is Cc1ccc(F)cc1NC(=O)c1cc(Cl)ccc1F. The van der Waals surface area contributed by atoms with Crippen molar-refractivity contribution in [1.82, 2.24) is 0 Å². The van der Waals surface area contributed by atoms with Crippen LogP contribution < -0.4 is 5.32 Å². The highest BCUT2D eigenvalue weighted by atomic mass is 35.5. The fraction of sp³-hybridized carbons (Fsp3) is 0.0714. The van der Waals surface area contributed by atoms with Gasteiger partial charge in [-0.25, -0.2) is 8.78 Å². The van der Waals surface area contributed by atoms with E-state index in [4.69, 9.17) is 11.6 Å². The molecule has 0 aliphatic rings. The Morgan fingerprint density at radius 1 is 1.16 bits per heavy atom. The molecule has 1 amide bonds. The van der Waals surface area contributed by atoms with E-state index in [9.17, 15) is 13.6 Å². The number of carbonyl (C=O) groups excluding carboxylic acids is 1. The van der Waals surface area contributed by atoms with Gasteiger partial charge in [0.15, 0.2) is 0 Å². The van der Waals surface area contributed by atoms with Gasteiger partial charge in [0.05, 0.1) is 5.56 Å². The number of rotatable bonds is 2. The van der Waals surface area contributed by atoms with Crippen LogP contribution in [0.2, 0.25) is 5.02 Å². The molecule has 0 aromatic heterocycles. The normalized spacial score (nSPS) is 10.3. The summed E-state index contributed by atoms with van der Waals surface area (Å²) in [5, 5.41) is 2.71. The smallest absolute Gasteiger partial charge is 0.258 e. The quantitative estimate of drug-likeness (QED) is 0.879. The second-order valence-corrected chi connectivity index (χ2v) is 4.47. The molecule has 2 nitrogen and oxygen atoms in total. The van der Waals surface area contributed by atoms with Crippen molar-refractivity contribution >= 4 is 23.2 Å². The van der Waals surface area contributed by atoms with Crippen molar-refractivity contribution in [1.29, 1.82) is 0 Å². The van der Waals surface area contributed by atoms with E-state index in [1.165, 1.54) is 30.3 Å². The van der Waals surface area contributed by atoms with Crippen molar-refractivity contribution in [3.63, 3.8) is 0 Å². The number of aryl methyl sites for hydroxylation is 1. The Morgan fingerprint density at radius 3 is 2.63 bits per heavy atom. The number of nitrogens with one attached hydrogen (secondary N) is 1. The molecule has 0 bridgehead atoms. The van der Waals surface area contributed by atoms with Crippen molar-refractivity contribution < 1.29 is 13.6 Å². The van der Waals surface area contributed by atoms with Gasteiger partial charge in [0.1, 0.15) is 11.6 Å². The molecule has 0 fully saturated rings. The predicted octanol–water partition coefficient (Wildman–Crippen LogP) is 4.18. The third-order valence-corrected chi connectivity index (χ3v) is 2.86. The van der Waals surface area contributed by atoms with Crippen molar-refractivity contribution in [2.45, 2.75) is 6.92 Å². The van der Waals surface area contributed by atoms with Crippen molar-refractivity contribution in [3.05, 3.63) is 64.2 Å². The maximum atomic E-state index is 13.5. The molecule has 0 unspecified atom stereocenters. The molecule has 2 rings (SSSR count). The zero-order valence-electron chi connectivity index (χ0n) is 10.0. The molecule has 0 radical (unpaired) electrons. The van der Waals surface area contributed by atoms with Crippen molar-refractivity contribution in [2.24, 2.45) is 0 Å². The van der Waals surface area contributed by atoms with Gasteiger partial charge in [0.25, 0.3) is 5.91 Å². The Labute approximate surface area is 114 Å². The van der Waals surface area contributed by atoms with E-state index >= 15 is 0 Å². The van der Waals surface area contributed by atoms with Crippen LogP contribution in [0.25, 0.3) is 0 Å².